The monoisotopic (exact) mass is 835 g/mol. The van der Waals surface area contributed by atoms with Gasteiger partial charge in [-0.3, -0.25) is 15.0 Å². The number of nitro benzene ring substituents is 1. The number of hydrogen-bond donors (Lipinski definition) is 2. The second-order valence-electron chi connectivity index (χ2n) is 14.9. The summed E-state index contributed by atoms with van der Waals surface area (Å²) in [4.78, 5) is 32.4. The number of hydrogen-bond acceptors (Lipinski definition) is 11. The van der Waals surface area contributed by atoms with Crippen LogP contribution >= 0.6 is 11.6 Å². The van der Waals surface area contributed by atoms with E-state index < -0.39 is 34.6 Å². The Morgan fingerprint density at radius 3 is 2.53 bits per heavy atom. The van der Waals surface area contributed by atoms with Gasteiger partial charge in [0.15, 0.2) is 0 Å². The number of fused-ring (bicyclic) bond motifs is 2. The molecular formula is C44H51ClFN3O10. The molecule has 0 bridgehead atoms. The number of carbonyl (C=O) groups excluding carboxylic acids is 1. The van der Waals surface area contributed by atoms with Gasteiger partial charge in [0.1, 0.15) is 42.8 Å². The fraction of sp³-hybridized carbons (Fsp3) is 0.455. The molecule has 1 saturated carbocycles. The number of allylic oxidation sites excluding steroid dienone is 1. The highest BCUT2D eigenvalue weighted by atomic mass is 35.5. The number of carbonyl (C=O) groups is 1. The first-order valence-corrected chi connectivity index (χ1v) is 20.5. The van der Waals surface area contributed by atoms with Gasteiger partial charge < -0.3 is 34.0 Å². The summed E-state index contributed by atoms with van der Waals surface area (Å²) in [6.07, 6.45) is 7.42. The van der Waals surface area contributed by atoms with Gasteiger partial charge in [-0.2, -0.15) is 0 Å². The number of halogens is 2. The van der Waals surface area contributed by atoms with Gasteiger partial charge in [0.25, 0.3) is 5.69 Å². The molecule has 0 unspecified atom stereocenters. The lowest BCUT2D eigenvalue weighted by atomic mass is 9.55. The first kappa shape index (κ1) is 43.6. The average Bonchev–Trinajstić information content (AvgIpc) is 3.23. The predicted octanol–water partition coefficient (Wildman–Crippen LogP) is 8.67. The lowest BCUT2D eigenvalue weighted by molar-refractivity contribution is -0.384. The van der Waals surface area contributed by atoms with E-state index in [2.05, 4.69) is 17.8 Å². The third-order valence-electron chi connectivity index (χ3n) is 11.3. The Balaban J connectivity index is 1.58. The largest absolute Gasteiger partial charge is 0.459 e. The summed E-state index contributed by atoms with van der Waals surface area (Å²) < 4.78 is 40.3. The Labute approximate surface area is 348 Å². The van der Waals surface area contributed by atoms with Crippen LogP contribution in [-0.2, 0) is 20.9 Å². The summed E-state index contributed by atoms with van der Waals surface area (Å²) in [7, 11) is 1.46. The van der Waals surface area contributed by atoms with E-state index in [0.717, 1.165) is 24.0 Å². The molecule has 13 nitrogen and oxygen atoms in total. The van der Waals surface area contributed by atoms with Crippen LogP contribution in [-0.4, -0.2) is 83.1 Å². The van der Waals surface area contributed by atoms with E-state index in [0.29, 0.717) is 48.5 Å². The molecule has 316 valence electrons. The Morgan fingerprint density at radius 1 is 1.08 bits per heavy atom. The van der Waals surface area contributed by atoms with Crippen molar-refractivity contribution in [1.82, 2.24) is 4.90 Å². The SMILES string of the molecule is C=CCO[C@@]12Oc3ccc(Oc4cccc([N+](=O)[O-])c4)cc3[C@H]3[C@H](CCCCO)[C@@H](CCCCO)C=C(C(=NOC)C[C@@H]1N(Cc1ccc(F)cc1)C(=O)OCCCl)[C@H]32. The Kier molecular flexibility index (Phi) is 15.0. The molecule has 6 atom stereocenters. The fourth-order valence-corrected chi connectivity index (χ4v) is 8.99. The molecule has 59 heavy (non-hydrogen) atoms. The second kappa shape index (κ2) is 20.3. The van der Waals surface area contributed by atoms with Crippen LogP contribution in [0.4, 0.5) is 14.9 Å². The molecule has 2 N–H and O–H groups in total. The van der Waals surface area contributed by atoms with Gasteiger partial charge in [-0.15, -0.1) is 18.2 Å². The van der Waals surface area contributed by atoms with E-state index in [1.165, 1.54) is 36.3 Å². The molecule has 6 rings (SSSR count). The number of aliphatic hydroxyl groups is 2. The predicted molar refractivity (Wildman–Crippen MR) is 219 cm³/mol. The number of nitro groups is 1. The minimum absolute atomic E-state index is 0.00210. The highest BCUT2D eigenvalue weighted by Gasteiger charge is 2.65. The van der Waals surface area contributed by atoms with Crippen molar-refractivity contribution in [3.63, 3.8) is 0 Å². The lowest BCUT2D eigenvalue weighted by Gasteiger charge is -2.59. The van der Waals surface area contributed by atoms with Crippen LogP contribution in [0.3, 0.4) is 0 Å². The quantitative estimate of drug-likeness (QED) is 0.0370. The van der Waals surface area contributed by atoms with E-state index in [1.54, 1.807) is 42.5 Å². The van der Waals surface area contributed by atoms with Gasteiger partial charge in [-0.05, 0) is 85.1 Å². The van der Waals surface area contributed by atoms with Crippen LogP contribution < -0.4 is 9.47 Å². The molecule has 0 saturated heterocycles. The van der Waals surface area contributed by atoms with Crippen molar-refractivity contribution < 1.29 is 48.1 Å². The maximum atomic E-state index is 14.3. The van der Waals surface area contributed by atoms with Crippen LogP contribution in [0.25, 0.3) is 0 Å². The highest BCUT2D eigenvalue weighted by molar-refractivity contribution is 6.18. The fourth-order valence-electron chi connectivity index (χ4n) is 8.92. The maximum Gasteiger partial charge on any atom is 0.410 e. The minimum atomic E-state index is -1.57. The molecule has 3 aromatic carbocycles. The van der Waals surface area contributed by atoms with Crippen LogP contribution in [0, 0.1) is 33.7 Å². The summed E-state index contributed by atoms with van der Waals surface area (Å²) in [5.74, 6) is -1.78. The van der Waals surface area contributed by atoms with E-state index in [4.69, 9.17) is 35.4 Å². The lowest BCUT2D eigenvalue weighted by Crippen LogP contribution is -2.70. The topological polar surface area (TPSA) is 162 Å². The van der Waals surface area contributed by atoms with Crippen molar-refractivity contribution in [1.29, 1.82) is 0 Å². The molecule has 1 heterocycles. The van der Waals surface area contributed by atoms with Crippen LogP contribution in [0.1, 0.15) is 62.0 Å². The van der Waals surface area contributed by atoms with E-state index in [1.807, 2.05) is 6.07 Å². The molecule has 1 aliphatic heterocycles. The summed E-state index contributed by atoms with van der Waals surface area (Å²) in [5, 5.41) is 35.9. The van der Waals surface area contributed by atoms with Gasteiger partial charge in [0, 0.05) is 43.7 Å². The molecular weight excluding hydrogens is 785 g/mol. The van der Waals surface area contributed by atoms with Gasteiger partial charge in [-0.1, -0.05) is 48.3 Å². The minimum Gasteiger partial charge on any atom is -0.459 e. The van der Waals surface area contributed by atoms with E-state index >= 15 is 0 Å². The van der Waals surface area contributed by atoms with Crippen molar-refractivity contribution in [3.05, 3.63) is 118 Å². The number of alkyl halides is 1. The number of ether oxygens (including phenoxy) is 4. The Hall–Kier alpha value is -5.02. The number of rotatable bonds is 20. The molecule has 3 aromatic rings. The molecule has 2 aliphatic carbocycles. The van der Waals surface area contributed by atoms with Gasteiger partial charge in [0.2, 0.25) is 5.79 Å². The number of nitrogens with zero attached hydrogens (tertiary/aromatic N) is 3. The second-order valence-corrected chi connectivity index (χ2v) is 15.2. The normalized spacial score (nSPS) is 23.6. The molecule has 1 amide bonds. The molecule has 15 heteroatoms. The highest BCUT2D eigenvalue weighted by Crippen LogP contribution is 2.62. The zero-order valence-electron chi connectivity index (χ0n) is 33.0. The summed E-state index contributed by atoms with van der Waals surface area (Å²) in [6, 6.07) is 16.3. The third-order valence-corrected chi connectivity index (χ3v) is 11.4. The molecule has 0 spiro atoms. The number of oxime groups is 1. The van der Waals surface area contributed by atoms with Crippen LogP contribution in [0.15, 0.2) is 96.2 Å². The van der Waals surface area contributed by atoms with Crippen molar-refractivity contribution in [2.75, 3.05) is 39.4 Å². The van der Waals surface area contributed by atoms with Gasteiger partial charge in [0.05, 0.1) is 35.1 Å². The van der Waals surface area contributed by atoms with Crippen molar-refractivity contribution in [3.8, 4) is 17.2 Å². The van der Waals surface area contributed by atoms with Crippen molar-refractivity contribution in [2.24, 2.45) is 22.9 Å². The van der Waals surface area contributed by atoms with Gasteiger partial charge >= 0.3 is 6.09 Å². The molecule has 0 radical (unpaired) electrons. The summed E-state index contributed by atoms with van der Waals surface area (Å²) in [6.45, 7) is 4.01. The molecule has 0 aromatic heterocycles. The van der Waals surface area contributed by atoms with Crippen molar-refractivity contribution in [2.45, 2.75) is 69.2 Å². The molecule has 1 fully saturated rings. The first-order chi connectivity index (χ1) is 28.7. The number of amides is 1. The zero-order chi connectivity index (χ0) is 41.9. The molecule has 3 aliphatic rings. The smallest absolute Gasteiger partial charge is 0.410 e. The number of unbranched alkanes of at least 4 members (excludes halogenated alkanes) is 2. The Morgan fingerprint density at radius 2 is 1.83 bits per heavy atom. The van der Waals surface area contributed by atoms with Crippen molar-refractivity contribution >= 4 is 29.1 Å². The average molecular weight is 836 g/mol. The van der Waals surface area contributed by atoms with Crippen LogP contribution in [0.5, 0.6) is 17.2 Å². The van der Waals surface area contributed by atoms with Gasteiger partial charge in [-0.25, -0.2) is 9.18 Å². The maximum absolute atomic E-state index is 14.3. The summed E-state index contributed by atoms with van der Waals surface area (Å²) >= 11 is 6.01. The van der Waals surface area contributed by atoms with E-state index in [-0.39, 0.29) is 74.5 Å². The van der Waals surface area contributed by atoms with Crippen LogP contribution in [0.2, 0.25) is 0 Å². The Bertz CT molecular complexity index is 2000. The van der Waals surface area contributed by atoms with E-state index in [9.17, 15) is 29.5 Å². The first-order valence-electron chi connectivity index (χ1n) is 20.0. The number of benzene rings is 3. The third kappa shape index (κ3) is 9.73. The zero-order valence-corrected chi connectivity index (χ0v) is 33.8. The number of aliphatic hydroxyl groups excluding tert-OH is 2. The number of non-ortho nitro benzene ring substituents is 1. The summed E-state index contributed by atoms with van der Waals surface area (Å²) in [5.41, 5.74) is 2.73. The standard InChI is InChI=1S/C44H51ClFN3O10/c1-3-22-57-44-40(48(43(52)56-23-19-45)28-29-13-15-31(46)16-14-29)27-38(47-55-2)36-24-30(9-4-6-20-50)35(12-5-7-21-51)41(42(36)44)37-26-34(17-18-39(37)59-44)58-33-11-8-10-32(25-33)49(53)54/h3,8,10-11,13-18,24-26,30,35,40-42,50-51H,1,4-7,9,12,19-23,27-28H2,2H3/t30-,35+,40-,41+,42+,44+/m0/s1.